The lowest BCUT2D eigenvalue weighted by molar-refractivity contribution is 0.263. The number of nitrogens with zero attached hydrogens (tertiary/aromatic N) is 3. The van der Waals surface area contributed by atoms with Gasteiger partial charge >= 0.3 is 0 Å². The van der Waals surface area contributed by atoms with Crippen LogP contribution in [0.25, 0.3) is 11.1 Å². The maximum atomic E-state index is 4.32. The van der Waals surface area contributed by atoms with Crippen molar-refractivity contribution in [3.05, 3.63) is 41.7 Å². The molecule has 1 aromatic heterocycles. The molecule has 1 aromatic carbocycles. The third-order valence-electron chi connectivity index (χ3n) is 4.63. The number of benzene rings is 1. The first-order valence-corrected chi connectivity index (χ1v) is 7.50. The smallest absolute Gasteiger partial charge is 0.0571 e. The van der Waals surface area contributed by atoms with E-state index in [4.69, 9.17) is 0 Å². The van der Waals surface area contributed by atoms with E-state index in [0.29, 0.717) is 6.04 Å². The van der Waals surface area contributed by atoms with Crippen LogP contribution in [0.5, 0.6) is 0 Å². The SMILES string of the molecule is Cc1c(-c2ccc([C@H](C)N3CCCC3)cc2)cnn1C. The Kier molecular flexibility index (Phi) is 3.62. The second-order valence-corrected chi connectivity index (χ2v) is 5.81. The van der Waals surface area contributed by atoms with Crippen LogP contribution in [-0.2, 0) is 7.05 Å². The zero-order valence-electron chi connectivity index (χ0n) is 12.6. The number of hydrogen-bond donors (Lipinski definition) is 0. The minimum Gasteiger partial charge on any atom is -0.297 e. The Bertz CT molecular complexity index is 577. The second-order valence-electron chi connectivity index (χ2n) is 5.81. The maximum absolute atomic E-state index is 4.32. The van der Waals surface area contributed by atoms with Crippen molar-refractivity contribution in [2.45, 2.75) is 32.7 Å². The lowest BCUT2D eigenvalue weighted by Crippen LogP contribution is -2.23. The number of likely N-dealkylation sites (tertiary alicyclic amines) is 1. The summed E-state index contributed by atoms with van der Waals surface area (Å²) >= 11 is 0. The zero-order valence-corrected chi connectivity index (χ0v) is 12.6. The van der Waals surface area contributed by atoms with Crippen LogP contribution in [0.15, 0.2) is 30.5 Å². The molecule has 2 heterocycles. The fourth-order valence-electron chi connectivity index (χ4n) is 3.06. The molecule has 3 nitrogen and oxygen atoms in total. The topological polar surface area (TPSA) is 21.1 Å². The Balaban J connectivity index is 1.82. The van der Waals surface area contributed by atoms with Gasteiger partial charge in [-0.25, -0.2) is 0 Å². The van der Waals surface area contributed by atoms with Gasteiger partial charge in [-0.1, -0.05) is 24.3 Å². The van der Waals surface area contributed by atoms with E-state index < -0.39 is 0 Å². The van der Waals surface area contributed by atoms with Crippen molar-refractivity contribution in [3.8, 4) is 11.1 Å². The highest BCUT2D eigenvalue weighted by Gasteiger charge is 2.19. The molecule has 0 aliphatic carbocycles. The van der Waals surface area contributed by atoms with E-state index >= 15 is 0 Å². The molecule has 0 amide bonds. The summed E-state index contributed by atoms with van der Waals surface area (Å²) in [5, 5.41) is 4.32. The minimum atomic E-state index is 0.529. The van der Waals surface area contributed by atoms with E-state index in [1.54, 1.807) is 0 Å². The van der Waals surface area contributed by atoms with Crippen LogP contribution in [0.3, 0.4) is 0 Å². The van der Waals surface area contributed by atoms with E-state index in [-0.39, 0.29) is 0 Å². The van der Waals surface area contributed by atoms with Crippen LogP contribution in [-0.4, -0.2) is 27.8 Å². The molecule has 0 unspecified atom stereocenters. The standard InChI is InChI=1S/C17H23N3/c1-13(20-10-4-5-11-20)15-6-8-16(9-7-15)17-12-18-19(3)14(17)2/h6-9,12-13H,4-5,10-11H2,1-3H3/t13-/m0/s1. The normalized spacial score (nSPS) is 17.6. The molecule has 3 heteroatoms. The van der Waals surface area contributed by atoms with E-state index in [9.17, 15) is 0 Å². The van der Waals surface area contributed by atoms with Gasteiger partial charge in [-0.3, -0.25) is 9.58 Å². The Morgan fingerprint density at radius 2 is 1.75 bits per heavy atom. The van der Waals surface area contributed by atoms with E-state index in [1.165, 1.54) is 48.3 Å². The molecule has 1 saturated heterocycles. The fraction of sp³-hybridized carbons (Fsp3) is 0.471. The highest BCUT2D eigenvalue weighted by atomic mass is 15.3. The summed E-state index contributed by atoms with van der Waals surface area (Å²) in [4.78, 5) is 2.57. The Morgan fingerprint density at radius 1 is 1.10 bits per heavy atom. The molecule has 20 heavy (non-hydrogen) atoms. The van der Waals surface area contributed by atoms with Crippen molar-refractivity contribution in [2.24, 2.45) is 7.05 Å². The fourth-order valence-corrected chi connectivity index (χ4v) is 3.06. The van der Waals surface area contributed by atoms with Gasteiger partial charge < -0.3 is 0 Å². The predicted octanol–water partition coefficient (Wildman–Crippen LogP) is 3.55. The van der Waals surface area contributed by atoms with Gasteiger partial charge in [0.15, 0.2) is 0 Å². The van der Waals surface area contributed by atoms with Gasteiger partial charge in [-0.2, -0.15) is 5.10 Å². The lowest BCUT2D eigenvalue weighted by atomic mass is 10.0. The summed E-state index contributed by atoms with van der Waals surface area (Å²) in [5.41, 5.74) is 5.11. The van der Waals surface area contributed by atoms with Gasteiger partial charge in [0.2, 0.25) is 0 Å². The van der Waals surface area contributed by atoms with Gasteiger partial charge in [0.1, 0.15) is 0 Å². The number of aryl methyl sites for hydroxylation is 1. The van der Waals surface area contributed by atoms with E-state index in [0.717, 1.165) is 0 Å². The monoisotopic (exact) mass is 269 g/mol. The number of rotatable bonds is 3. The number of hydrogen-bond acceptors (Lipinski definition) is 2. The molecule has 0 N–H and O–H groups in total. The van der Waals surface area contributed by atoms with Gasteiger partial charge in [-0.05, 0) is 50.9 Å². The van der Waals surface area contributed by atoms with Crippen LogP contribution in [0, 0.1) is 6.92 Å². The molecule has 1 fully saturated rings. The molecule has 3 rings (SSSR count). The lowest BCUT2D eigenvalue weighted by Gasteiger charge is -2.24. The van der Waals surface area contributed by atoms with Crippen molar-refractivity contribution in [2.75, 3.05) is 13.1 Å². The average molecular weight is 269 g/mol. The molecular formula is C17H23N3. The van der Waals surface area contributed by atoms with E-state index in [1.807, 2.05) is 17.9 Å². The minimum absolute atomic E-state index is 0.529. The van der Waals surface area contributed by atoms with Crippen LogP contribution in [0.4, 0.5) is 0 Å². The van der Waals surface area contributed by atoms with Crippen molar-refractivity contribution >= 4 is 0 Å². The van der Waals surface area contributed by atoms with Crippen LogP contribution in [0.2, 0.25) is 0 Å². The van der Waals surface area contributed by atoms with Gasteiger partial charge in [-0.15, -0.1) is 0 Å². The highest BCUT2D eigenvalue weighted by Crippen LogP contribution is 2.28. The Labute approximate surface area is 121 Å². The third-order valence-corrected chi connectivity index (χ3v) is 4.63. The molecule has 2 aromatic rings. The average Bonchev–Trinajstić information content (AvgIpc) is 3.10. The summed E-state index contributed by atoms with van der Waals surface area (Å²) in [6.45, 7) is 6.91. The molecule has 1 aliphatic heterocycles. The van der Waals surface area contributed by atoms with Crippen molar-refractivity contribution < 1.29 is 0 Å². The summed E-state index contributed by atoms with van der Waals surface area (Å²) in [5.74, 6) is 0. The maximum Gasteiger partial charge on any atom is 0.0571 e. The van der Waals surface area contributed by atoms with Crippen molar-refractivity contribution in [3.63, 3.8) is 0 Å². The Hall–Kier alpha value is -1.61. The van der Waals surface area contributed by atoms with Crippen LogP contribution in [0.1, 0.15) is 37.1 Å². The first kappa shape index (κ1) is 13.4. The molecule has 106 valence electrons. The zero-order chi connectivity index (χ0) is 14.1. The van der Waals surface area contributed by atoms with Gasteiger partial charge in [0, 0.05) is 24.3 Å². The summed E-state index contributed by atoms with van der Waals surface area (Å²) in [6, 6.07) is 9.52. The Morgan fingerprint density at radius 3 is 2.30 bits per heavy atom. The first-order chi connectivity index (χ1) is 9.66. The molecule has 0 saturated carbocycles. The van der Waals surface area contributed by atoms with Crippen molar-refractivity contribution in [1.29, 1.82) is 0 Å². The molecule has 0 spiro atoms. The van der Waals surface area contributed by atoms with Crippen LogP contribution < -0.4 is 0 Å². The second kappa shape index (κ2) is 5.41. The largest absolute Gasteiger partial charge is 0.297 e. The van der Waals surface area contributed by atoms with Crippen molar-refractivity contribution in [1.82, 2.24) is 14.7 Å². The van der Waals surface area contributed by atoms with E-state index in [2.05, 4.69) is 48.1 Å². The first-order valence-electron chi connectivity index (χ1n) is 7.50. The van der Waals surface area contributed by atoms with Crippen LogP contribution >= 0.6 is 0 Å². The van der Waals surface area contributed by atoms with Gasteiger partial charge in [0.25, 0.3) is 0 Å². The molecule has 0 radical (unpaired) electrons. The van der Waals surface area contributed by atoms with Gasteiger partial charge in [0.05, 0.1) is 6.20 Å². The summed E-state index contributed by atoms with van der Waals surface area (Å²) in [7, 11) is 1.99. The summed E-state index contributed by atoms with van der Waals surface area (Å²) < 4.78 is 1.93. The highest BCUT2D eigenvalue weighted by molar-refractivity contribution is 5.65. The summed E-state index contributed by atoms with van der Waals surface area (Å²) in [6.07, 6.45) is 4.64. The molecule has 1 aliphatic rings. The quantitative estimate of drug-likeness (QED) is 0.849. The predicted molar refractivity (Wildman–Crippen MR) is 82.6 cm³/mol. The molecule has 1 atom stereocenters. The molecule has 0 bridgehead atoms. The third kappa shape index (κ3) is 2.38. The number of aromatic nitrogens is 2. The molecular weight excluding hydrogens is 246 g/mol.